The van der Waals surface area contributed by atoms with Gasteiger partial charge in [0, 0.05) is 30.3 Å². The second kappa shape index (κ2) is 5.64. The minimum Gasteiger partial charge on any atom is -0.349 e. The van der Waals surface area contributed by atoms with Crippen LogP contribution in [-0.4, -0.2) is 21.9 Å². The van der Waals surface area contributed by atoms with Gasteiger partial charge in [0.15, 0.2) is 0 Å². The van der Waals surface area contributed by atoms with Gasteiger partial charge in [-0.3, -0.25) is 4.79 Å². The molecule has 1 aliphatic carbocycles. The van der Waals surface area contributed by atoms with Crippen LogP contribution >= 0.6 is 0 Å². The second-order valence-corrected chi connectivity index (χ2v) is 5.82. The average Bonchev–Trinajstić information content (AvgIpc) is 3.27. The van der Waals surface area contributed by atoms with Gasteiger partial charge in [0.05, 0.1) is 5.56 Å². The number of aromatic nitrogens is 2. The van der Waals surface area contributed by atoms with Crippen molar-refractivity contribution in [1.82, 2.24) is 15.3 Å². The molecule has 0 aliphatic heterocycles. The Morgan fingerprint density at radius 1 is 1.19 bits per heavy atom. The fourth-order valence-corrected chi connectivity index (χ4v) is 2.43. The highest BCUT2D eigenvalue weighted by atomic mass is 16.1. The van der Waals surface area contributed by atoms with Gasteiger partial charge in [-0.05, 0) is 12.0 Å². The first kappa shape index (κ1) is 13.7. The predicted octanol–water partition coefficient (Wildman–Crippen LogP) is 2.89. The molecule has 0 bridgehead atoms. The third kappa shape index (κ3) is 3.10. The van der Waals surface area contributed by atoms with Gasteiger partial charge >= 0.3 is 0 Å². The molecule has 108 valence electrons. The summed E-state index contributed by atoms with van der Waals surface area (Å²) in [5, 5.41) is 3.05. The van der Waals surface area contributed by atoms with Crippen LogP contribution in [0.2, 0.25) is 0 Å². The summed E-state index contributed by atoms with van der Waals surface area (Å²) >= 11 is 0. The Bertz CT molecular complexity index is 622. The maximum atomic E-state index is 12.2. The standard InChI is InChI=1S/C17H19N3O/c1-11(2)16-18-9-13(10-19-16)17(21)20-15-8-14(15)12-6-4-3-5-7-12/h3-7,9-11,14-15H,8H2,1-2H3,(H,20,21)/t14-,15+/m0/s1. The molecular weight excluding hydrogens is 262 g/mol. The summed E-state index contributed by atoms with van der Waals surface area (Å²) in [4.78, 5) is 20.6. The molecule has 0 unspecified atom stereocenters. The van der Waals surface area contributed by atoms with Crippen molar-refractivity contribution in [3.8, 4) is 0 Å². The smallest absolute Gasteiger partial charge is 0.254 e. The maximum Gasteiger partial charge on any atom is 0.254 e. The number of benzene rings is 1. The Morgan fingerprint density at radius 3 is 2.48 bits per heavy atom. The molecule has 0 saturated heterocycles. The maximum absolute atomic E-state index is 12.2. The number of carbonyl (C=O) groups excluding carboxylic acids is 1. The topological polar surface area (TPSA) is 54.9 Å². The third-order valence-corrected chi connectivity index (χ3v) is 3.79. The van der Waals surface area contributed by atoms with Crippen LogP contribution in [0, 0.1) is 0 Å². The van der Waals surface area contributed by atoms with Gasteiger partial charge in [-0.2, -0.15) is 0 Å². The van der Waals surface area contributed by atoms with E-state index < -0.39 is 0 Å². The molecule has 2 aromatic rings. The molecule has 1 fully saturated rings. The van der Waals surface area contributed by atoms with Crippen molar-refractivity contribution < 1.29 is 4.79 Å². The number of hydrogen-bond acceptors (Lipinski definition) is 3. The van der Waals surface area contributed by atoms with Crippen LogP contribution in [0.5, 0.6) is 0 Å². The van der Waals surface area contributed by atoms with Gasteiger partial charge < -0.3 is 5.32 Å². The highest BCUT2D eigenvalue weighted by Crippen LogP contribution is 2.40. The van der Waals surface area contributed by atoms with Crippen molar-refractivity contribution in [3.63, 3.8) is 0 Å². The number of nitrogens with one attached hydrogen (secondary N) is 1. The minimum absolute atomic E-state index is 0.0891. The zero-order chi connectivity index (χ0) is 14.8. The van der Waals surface area contributed by atoms with Crippen LogP contribution in [0.15, 0.2) is 42.7 Å². The van der Waals surface area contributed by atoms with Gasteiger partial charge in [-0.1, -0.05) is 44.2 Å². The Morgan fingerprint density at radius 2 is 1.86 bits per heavy atom. The van der Waals surface area contributed by atoms with E-state index in [2.05, 4.69) is 27.4 Å². The first-order valence-corrected chi connectivity index (χ1v) is 7.33. The number of nitrogens with zero attached hydrogens (tertiary/aromatic N) is 2. The van der Waals surface area contributed by atoms with E-state index in [1.165, 1.54) is 5.56 Å². The molecule has 1 aliphatic rings. The molecule has 1 saturated carbocycles. The predicted molar refractivity (Wildman–Crippen MR) is 81.2 cm³/mol. The van der Waals surface area contributed by atoms with Crippen LogP contribution in [-0.2, 0) is 0 Å². The van der Waals surface area contributed by atoms with Crippen LogP contribution in [0.4, 0.5) is 0 Å². The number of carbonyl (C=O) groups is 1. The lowest BCUT2D eigenvalue weighted by Gasteiger charge is -2.06. The Labute approximate surface area is 124 Å². The molecule has 4 heteroatoms. The highest BCUT2D eigenvalue weighted by molar-refractivity contribution is 5.94. The van der Waals surface area contributed by atoms with E-state index in [-0.39, 0.29) is 17.9 Å². The number of amides is 1. The zero-order valence-corrected chi connectivity index (χ0v) is 12.3. The van der Waals surface area contributed by atoms with E-state index in [1.54, 1.807) is 12.4 Å². The lowest BCUT2D eigenvalue weighted by Crippen LogP contribution is -2.27. The Kier molecular flexibility index (Phi) is 3.69. The Balaban J connectivity index is 1.60. The monoisotopic (exact) mass is 281 g/mol. The van der Waals surface area contributed by atoms with Crippen molar-refractivity contribution in [2.45, 2.75) is 38.1 Å². The van der Waals surface area contributed by atoms with Crippen molar-refractivity contribution >= 4 is 5.91 Å². The molecule has 0 radical (unpaired) electrons. The fourth-order valence-electron chi connectivity index (χ4n) is 2.43. The van der Waals surface area contributed by atoms with E-state index in [0.717, 1.165) is 12.2 Å². The molecule has 21 heavy (non-hydrogen) atoms. The quantitative estimate of drug-likeness (QED) is 0.937. The van der Waals surface area contributed by atoms with Gasteiger partial charge in [-0.15, -0.1) is 0 Å². The lowest BCUT2D eigenvalue weighted by atomic mass is 10.1. The molecule has 1 heterocycles. The molecule has 0 spiro atoms. The van der Waals surface area contributed by atoms with Gasteiger partial charge in [0.1, 0.15) is 5.82 Å². The fraction of sp³-hybridized carbons (Fsp3) is 0.353. The number of rotatable bonds is 4. The normalized spacial score (nSPS) is 20.3. The molecule has 1 N–H and O–H groups in total. The molecule has 4 nitrogen and oxygen atoms in total. The summed E-state index contributed by atoms with van der Waals surface area (Å²) in [6.45, 7) is 4.06. The first-order valence-electron chi connectivity index (χ1n) is 7.33. The molecule has 3 rings (SSSR count). The third-order valence-electron chi connectivity index (χ3n) is 3.79. The summed E-state index contributed by atoms with van der Waals surface area (Å²) in [5.41, 5.74) is 1.81. The highest BCUT2D eigenvalue weighted by Gasteiger charge is 2.39. The Hall–Kier alpha value is -2.23. The van der Waals surface area contributed by atoms with Crippen LogP contribution in [0.25, 0.3) is 0 Å². The van der Waals surface area contributed by atoms with Crippen molar-refractivity contribution in [1.29, 1.82) is 0 Å². The zero-order valence-electron chi connectivity index (χ0n) is 12.3. The molecule has 1 aromatic carbocycles. The number of hydrogen-bond donors (Lipinski definition) is 1. The summed E-state index contributed by atoms with van der Waals surface area (Å²) < 4.78 is 0. The van der Waals surface area contributed by atoms with Gasteiger partial charge in [-0.25, -0.2) is 9.97 Å². The van der Waals surface area contributed by atoms with E-state index in [1.807, 2.05) is 32.0 Å². The lowest BCUT2D eigenvalue weighted by molar-refractivity contribution is 0.0949. The van der Waals surface area contributed by atoms with E-state index >= 15 is 0 Å². The van der Waals surface area contributed by atoms with Crippen molar-refractivity contribution in [2.24, 2.45) is 0 Å². The average molecular weight is 281 g/mol. The van der Waals surface area contributed by atoms with E-state index in [9.17, 15) is 4.79 Å². The van der Waals surface area contributed by atoms with Crippen molar-refractivity contribution in [3.05, 3.63) is 59.7 Å². The van der Waals surface area contributed by atoms with Crippen LogP contribution < -0.4 is 5.32 Å². The molecule has 1 aromatic heterocycles. The summed E-state index contributed by atoms with van der Waals surface area (Å²) in [6, 6.07) is 10.5. The van der Waals surface area contributed by atoms with E-state index in [0.29, 0.717) is 11.5 Å². The van der Waals surface area contributed by atoms with Gasteiger partial charge in [0.2, 0.25) is 0 Å². The largest absolute Gasteiger partial charge is 0.349 e. The van der Waals surface area contributed by atoms with Crippen molar-refractivity contribution in [2.75, 3.05) is 0 Å². The van der Waals surface area contributed by atoms with Crippen LogP contribution in [0.3, 0.4) is 0 Å². The first-order chi connectivity index (χ1) is 10.1. The second-order valence-electron chi connectivity index (χ2n) is 5.82. The molecular formula is C17H19N3O. The van der Waals surface area contributed by atoms with E-state index in [4.69, 9.17) is 0 Å². The molecule has 1 amide bonds. The summed E-state index contributed by atoms with van der Waals surface area (Å²) in [6.07, 6.45) is 4.22. The van der Waals surface area contributed by atoms with Gasteiger partial charge in [0.25, 0.3) is 5.91 Å². The summed E-state index contributed by atoms with van der Waals surface area (Å²) in [5.74, 6) is 1.38. The molecule has 2 atom stereocenters. The SMILES string of the molecule is CC(C)c1ncc(C(=O)N[C@@H]2C[C@H]2c2ccccc2)cn1. The summed E-state index contributed by atoms with van der Waals surface area (Å²) in [7, 11) is 0. The minimum atomic E-state index is -0.0891. The van der Waals surface area contributed by atoms with Crippen LogP contribution in [0.1, 0.15) is 53.8 Å².